The van der Waals surface area contributed by atoms with Gasteiger partial charge in [-0.2, -0.15) is 0 Å². The van der Waals surface area contributed by atoms with E-state index < -0.39 is 0 Å². The van der Waals surface area contributed by atoms with Crippen molar-refractivity contribution in [2.24, 2.45) is 0 Å². The summed E-state index contributed by atoms with van der Waals surface area (Å²) in [4.78, 5) is 7.00. The van der Waals surface area contributed by atoms with Crippen molar-refractivity contribution in [1.29, 1.82) is 0 Å². The monoisotopic (exact) mass is 273 g/mol. The highest BCUT2D eigenvalue weighted by Gasteiger charge is 2.31. The maximum atomic E-state index is 4.30. The van der Waals surface area contributed by atoms with Crippen molar-refractivity contribution in [3.05, 3.63) is 30.1 Å². The zero-order valence-corrected chi connectivity index (χ0v) is 12.6. The van der Waals surface area contributed by atoms with Gasteiger partial charge in [-0.05, 0) is 63.7 Å². The summed E-state index contributed by atoms with van der Waals surface area (Å²) in [5.74, 6) is 0. The van der Waals surface area contributed by atoms with Gasteiger partial charge in [0.1, 0.15) is 0 Å². The summed E-state index contributed by atoms with van der Waals surface area (Å²) in [5, 5.41) is 3.69. The van der Waals surface area contributed by atoms with Crippen LogP contribution in [-0.4, -0.2) is 35.1 Å². The van der Waals surface area contributed by atoms with Crippen LogP contribution in [0.5, 0.6) is 0 Å². The van der Waals surface area contributed by atoms with E-state index in [2.05, 4.69) is 40.5 Å². The van der Waals surface area contributed by atoms with Crippen molar-refractivity contribution >= 4 is 0 Å². The van der Waals surface area contributed by atoms with Gasteiger partial charge < -0.3 is 5.32 Å². The summed E-state index contributed by atoms with van der Waals surface area (Å²) < 4.78 is 0. The van der Waals surface area contributed by atoms with Crippen molar-refractivity contribution in [3.63, 3.8) is 0 Å². The maximum absolute atomic E-state index is 4.30. The Morgan fingerprint density at radius 1 is 1.35 bits per heavy atom. The van der Waals surface area contributed by atoms with E-state index in [1.54, 1.807) is 0 Å². The van der Waals surface area contributed by atoms with Gasteiger partial charge in [-0.25, -0.2) is 0 Å². The molecular weight excluding hydrogens is 246 g/mol. The normalized spacial score (nSPS) is 29.4. The summed E-state index contributed by atoms with van der Waals surface area (Å²) >= 11 is 0. The molecule has 1 aromatic rings. The van der Waals surface area contributed by atoms with Crippen LogP contribution in [0.4, 0.5) is 0 Å². The molecule has 3 nitrogen and oxygen atoms in total. The highest BCUT2D eigenvalue weighted by molar-refractivity contribution is 5.15. The van der Waals surface area contributed by atoms with Gasteiger partial charge in [0.2, 0.25) is 0 Å². The molecule has 20 heavy (non-hydrogen) atoms. The van der Waals surface area contributed by atoms with Gasteiger partial charge in [0.05, 0.1) is 0 Å². The third-order valence-corrected chi connectivity index (χ3v) is 4.97. The number of hydrogen-bond acceptors (Lipinski definition) is 3. The molecule has 2 aliphatic rings. The highest BCUT2D eigenvalue weighted by atomic mass is 15.2. The minimum atomic E-state index is 0.585. The number of pyridine rings is 1. The fraction of sp³-hybridized carbons (Fsp3) is 0.706. The Hall–Kier alpha value is -0.930. The number of piperidine rings is 1. The molecule has 0 radical (unpaired) electrons. The summed E-state index contributed by atoms with van der Waals surface area (Å²) in [6.45, 7) is 4.86. The quantitative estimate of drug-likeness (QED) is 0.913. The predicted molar refractivity (Wildman–Crippen MR) is 82.6 cm³/mol. The number of rotatable bonds is 4. The van der Waals surface area contributed by atoms with Crippen molar-refractivity contribution < 1.29 is 0 Å². The van der Waals surface area contributed by atoms with E-state index in [4.69, 9.17) is 0 Å². The van der Waals surface area contributed by atoms with E-state index in [0.29, 0.717) is 12.1 Å². The largest absolute Gasteiger partial charge is 0.314 e. The molecule has 2 fully saturated rings. The van der Waals surface area contributed by atoms with E-state index in [1.165, 1.54) is 57.2 Å². The van der Waals surface area contributed by atoms with E-state index in [-0.39, 0.29) is 0 Å². The average molecular weight is 273 g/mol. The van der Waals surface area contributed by atoms with Crippen molar-refractivity contribution in [3.8, 4) is 0 Å². The van der Waals surface area contributed by atoms with Crippen LogP contribution in [0, 0.1) is 0 Å². The Morgan fingerprint density at radius 3 is 3.05 bits per heavy atom. The Labute approximate surface area is 122 Å². The lowest BCUT2D eigenvalue weighted by atomic mass is 9.97. The molecule has 0 spiro atoms. The summed E-state index contributed by atoms with van der Waals surface area (Å²) in [7, 11) is 0. The highest BCUT2D eigenvalue weighted by Crippen LogP contribution is 2.34. The van der Waals surface area contributed by atoms with Gasteiger partial charge in [0.25, 0.3) is 0 Å². The Kier molecular flexibility index (Phi) is 4.69. The molecule has 0 aliphatic carbocycles. The van der Waals surface area contributed by atoms with Crippen LogP contribution in [0.3, 0.4) is 0 Å². The Morgan fingerprint density at radius 2 is 2.30 bits per heavy atom. The van der Waals surface area contributed by atoms with E-state index in [1.807, 2.05) is 6.20 Å². The minimum absolute atomic E-state index is 0.585. The molecule has 3 heteroatoms. The second-order valence-electron chi connectivity index (χ2n) is 6.41. The number of nitrogens with one attached hydrogen (secondary N) is 1. The third-order valence-electron chi connectivity index (χ3n) is 4.97. The van der Waals surface area contributed by atoms with E-state index >= 15 is 0 Å². The minimum Gasteiger partial charge on any atom is -0.314 e. The molecule has 1 N–H and O–H groups in total. The lowest BCUT2D eigenvalue weighted by Gasteiger charge is -2.34. The van der Waals surface area contributed by atoms with Gasteiger partial charge >= 0.3 is 0 Å². The number of likely N-dealkylation sites (tertiary alicyclic amines) is 1. The molecule has 3 rings (SSSR count). The van der Waals surface area contributed by atoms with Crippen molar-refractivity contribution in [1.82, 2.24) is 15.2 Å². The standard InChI is InChI=1S/C17H27N3/c1-14(12-16-7-2-3-10-19-16)20-11-5-8-17(20)15-6-4-9-18-13-15/h4,6,9,13-14,16-17,19H,2-3,5,7-8,10-12H2,1H3. The molecule has 3 atom stereocenters. The molecule has 0 aromatic carbocycles. The van der Waals surface area contributed by atoms with Crippen LogP contribution in [0.25, 0.3) is 0 Å². The van der Waals surface area contributed by atoms with Gasteiger partial charge in [0, 0.05) is 30.5 Å². The summed E-state index contributed by atoms with van der Waals surface area (Å²) in [5.41, 5.74) is 1.40. The van der Waals surface area contributed by atoms with Crippen LogP contribution >= 0.6 is 0 Å². The molecule has 0 bridgehead atoms. The Balaban J connectivity index is 1.62. The Bertz CT molecular complexity index is 400. The first-order chi connectivity index (χ1) is 9.84. The predicted octanol–water partition coefficient (Wildman–Crippen LogP) is 3.14. The first-order valence-corrected chi connectivity index (χ1v) is 8.23. The third kappa shape index (κ3) is 3.21. The smallest absolute Gasteiger partial charge is 0.0366 e. The first-order valence-electron chi connectivity index (χ1n) is 8.23. The molecule has 110 valence electrons. The molecule has 2 aliphatic heterocycles. The SMILES string of the molecule is CC(CC1CCCCN1)N1CCCC1c1cccnc1. The van der Waals surface area contributed by atoms with Crippen LogP contribution in [0.1, 0.15) is 57.1 Å². The van der Waals surface area contributed by atoms with Crippen LogP contribution in [0.15, 0.2) is 24.5 Å². The maximum Gasteiger partial charge on any atom is 0.0366 e. The number of nitrogens with zero attached hydrogens (tertiary/aromatic N) is 2. The summed E-state index contributed by atoms with van der Waals surface area (Å²) in [6.07, 6.45) is 11.9. The van der Waals surface area contributed by atoms with E-state index in [0.717, 1.165) is 6.04 Å². The second kappa shape index (κ2) is 6.68. The van der Waals surface area contributed by atoms with Crippen LogP contribution in [0.2, 0.25) is 0 Å². The first kappa shape index (κ1) is 14.0. The van der Waals surface area contributed by atoms with Gasteiger partial charge in [-0.1, -0.05) is 12.5 Å². The topological polar surface area (TPSA) is 28.2 Å². The lowest BCUT2D eigenvalue weighted by Crippen LogP contribution is -2.41. The van der Waals surface area contributed by atoms with Crippen molar-refractivity contribution in [2.45, 2.75) is 63.6 Å². The van der Waals surface area contributed by atoms with E-state index in [9.17, 15) is 0 Å². The molecule has 1 aromatic heterocycles. The van der Waals surface area contributed by atoms with Crippen LogP contribution < -0.4 is 5.32 Å². The second-order valence-corrected chi connectivity index (χ2v) is 6.41. The van der Waals surface area contributed by atoms with Crippen molar-refractivity contribution in [2.75, 3.05) is 13.1 Å². The molecule has 0 amide bonds. The molecule has 2 saturated heterocycles. The fourth-order valence-electron chi connectivity index (χ4n) is 3.92. The summed E-state index contributed by atoms with van der Waals surface area (Å²) in [6, 6.07) is 6.29. The number of hydrogen-bond donors (Lipinski definition) is 1. The zero-order valence-electron chi connectivity index (χ0n) is 12.6. The molecule has 3 heterocycles. The van der Waals surface area contributed by atoms with Gasteiger partial charge in [-0.3, -0.25) is 9.88 Å². The van der Waals surface area contributed by atoms with Gasteiger partial charge in [0.15, 0.2) is 0 Å². The lowest BCUT2D eigenvalue weighted by molar-refractivity contribution is 0.165. The number of aromatic nitrogens is 1. The molecule has 0 saturated carbocycles. The van der Waals surface area contributed by atoms with Crippen LogP contribution in [-0.2, 0) is 0 Å². The molecule has 3 unspecified atom stereocenters. The molecular formula is C17H27N3. The fourth-order valence-corrected chi connectivity index (χ4v) is 3.92. The van der Waals surface area contributed by atoms with Gasteiger partial charge in [-0.15, -0.1) is 0 Å². The average Bonchev–Trinajstić information content (AvgIpc) is 2.99. The zero-order chi connectivity index (χ0) is 13.8.